The average molecular weight is 444 g/mol. The van der Waals surface area contributed by atoms with E-state index in [4.69, 9.17) is 0 Å². The number of piperidine rings is 1. The maximum atomic E-state index is 13.2. The third-order valence-corrected chi connectivity index (χ3v) is 5.62. The molecule has 1 saturated heterocycles. The monoisotopic (exact) mass is 443 g/mol. The minimum Gasteiger partial charge on any atom is -0.377 e. The van der Waals surface area contributed by atoms with Gasteiger partial charge in [0.1, 0.15) is 0 Å². The molecule has 1 aliphatic heterocycles. The zero-order chi connectivity index (χ0) is 20.3. The van der Waals surface area contributed by atoms with Crippen LogP contribution in [0.4, 0.5) is 11.4 Å². The van der Waals surface area contributed by atoms with Gasteiger partial charge in [-0.25, -0.2) is 0 Å². The number of likely N-dealkylation sites (tertiary alicyclic amines) is 1. The Labute approximate surface area is 174 Å². The van der Waals surface area contributed by atoms with Gasteiger partial charge in [0.05, 0.1) is 5.56 Å². The Morgan fingerprint density at radius 3 is 2.46 bits per heavy atom. The molecule has 1 aliphatic rings. The van der Waals surface area contributed by atoms with Crippen molar-refractivity contribution in [3.05, 3.63) is 58.1 Å². The van der Waals surface area contributed by atoms with Gasteiger partial charge >= 0.3 is 0 Å². The first-order chi connectivity index (χ1) is 13.3. The lowest BCUT2D eigenvalue weighted by molar-refractivity contribution is 0.0697. The molecule has 3 rings (SSSR count). The van der Waals surface area contributed by atoms with E-state index in [0.717, 1.165) is 36.1 Å². The van der Waals surface area contributed by atoms with Gasteiger partial charge in [-0.2, -0.15) is 0 Å². The maximum absolute atomic E-state index is 13.2. The second-order valence-corrected chi connectivity index (χ2v) is 8.48. The summed E-state index contributed by atoms with van der Waals surface area (Å²) in [6, 6.07) is 12.7. The summed E-state index contributed by atoms with van der Waals surface area (Å²) >= 11 is 3.38. The lowest BCUT2D eigenvalue weighted by atomic mass is 9.98. The number of hydrogen-bond donors (Lipinski definition) is 1. The van der Waals surface area contributed by atoms with Crippen molar-refractivity contribution < 1.29 is 9.59 Å². The lowest BCUT2D eigenvalue weighted by Gasteiger charge is -2.31. The highest BCUT2D eigenvalue weighted by molar-refractivity contribution is 9.10. The van der Waals surface area contributed by atoms with E-state index in [2.05, 4.69) is 28.2 Å². The smallest absolute Gasteiger partial charge is 0.256 e. The van der Waals surface area contributed by atoms with Crippen molar-refractivity contribution in [2.24, 2.45) is 5.92 Å². The molecule has 0 aromatic heterocycles. The first-order valence-electron chi connectivity index (χ1n) is 9.52. The Bertz CT molecular complexity index is 874. The number of carbonyl (C=O) groups excluding carboxylic acids is 2. The van der Waals surface area contributed by atoms with Crippen LogP contribution in [0.5, 0.6) is 0 Å². The molecular formula is C22H26BrN3O2. The normalized spacial score (nSPS) is 14.6. The molecule has 0 saturated carbocycles. The van der Waals surface area contributed by atoms with Crippen molar-refractivity contribution in [2.75, 3.05) is 37.4 Å². The van der Waals surface area contributed by atoms with Crippen molar-refractivity contribution in [1.82, 2.24) is 4.90 Å². The van der Waals surface area contributed by atoms with Crippen LogP contribution in [0.2, 0.25) is 0 Å². The van der Waals surface area contributed by atoms with Crippen LogP contribution in [0.15, 0.2) is 46.9 Å². The molecule has 0 radical (unpaired) electrons. The second-order valence-electron chi connectivity index (χ2n) is 7.57. The zero-order valence-corrected chi connectivity index (χ0v) is 18.1. The number of benzene rings is 2. The van der Waals surface area contributed by atoms with Gasteiger partial charge in [0.15, 0.2) is 0 Å². The molecule has 0 bridgehead atoms. The van der Waals surface area contributed by atoms with Crippen LogP contribution in [0.25, 0.3) is 0 Å². The molecule has 2 aromatic carbocycles. The topological polar surface area (TPSA) is 52.7 Å². The fraction of sp³-hybridized carbons (Fsp3) is 0.364. The Morgan fingerprint density at radius 2 is 1.82 bits per heavy atom. The molecule has 0 spiro atoms. The largest absolute Gasteiger partial charge is 0.377 e. The van der Waals surface area contributed by atoms with Crippen molar-refractivity contribution in [3.63, 3.8) is 0 Å². The molecule has 1 fully saturated rings. The quantitative estimate of drug-likeness (QED) is 0.748. The number of nitrogens with zero attached hydrogens (tertiary/aromatic N) is 2. The molecule has 1 N–H and O–H groups in total. The maximum Gasteiger partial charge on any atom is 0.256 e. The molecule has 5 nitrogen and oxygen atoms in total. The molecular weight excluding hydrogens is 418 g/mol. The number of carbonyl (C=O) groups is 2. The Hall–Kier alpha value is -2.34. The fourth-order valence-electron chi connectivity index (χ4n) is 3.39. The molecule has 2 amide bonds. The highest BCUT2D eigenvalue weighted by atomic mass is 79.9. The highest BCUT2D eigenvalue weighted by Gasteiger charge is 2.24. The fourth-order valence-corrected chi connectivity index (χ4v) is 3.79. The number of halogens is 1. The van der Waals surface area contributed by atoms with E-state index >= 15 is 0 Å². The summed E-state index contributed by atoms with van der Waals surface area (Å²) in [5.41, 5.74) is 2.64. The summed E-state index contributed by atoms with van der Waals surface area (Å²) in [6.45, 7) is 3.79. The lowest BCUT2D eigenvalue weighted by Crippen LogP contribution is -2.38. The van der Waals surface area contributed by atoms with Crippen molar-refractivity contribution >= 4 is 39.1 Å². The third-order valence-electron chi connectivity index (χ3n) is 5.12. The van der Waals surface area contributed by atoms with Gasteiger partial charge in [-0.05, 0) is 55.2 Å². The summed E-state index contributed by atoms with van der Waals surface area (Å²) in [7, 11) is 3.84. The molecule has 0 atom stereocenters. The second kappa shape index (κ2) is 8.78. The van der Waals surface area contributed by atoms with Gasteiger partial charge in [0.25, 0.3) is 11.8 Å². The molecule has 1 heterocycles. The molecule has 2 aromatic rings. The first-order valence-corrected chi connectivity index (χ1v) is 10.3. The SMILES string of the molecule is CC1CCN(C(=O)c2cc(NC(=O)c3cccc(Br)c3)ccc2N(C)C)CC1. The van der Waals surface area contributed by atoms with E-state index in [0.29, 0.717) is 22.7 Å². The van der Waals surface area contributed by atoms with Crippen LogP contribution in [0.1, 0.15) is 40.5 Å². The van der Waals surface area contributed by atoms with Crippen LogP contribution < -0.4 is 10.2 Å². The predicted octanol–water partition coefficient (Wildman–Crippen LogP) is 4.64. The Morgan fingerprint density at radius 1 is 1.11 bits per heavy atom. The summed E-state index contributed by atoms with van der Waals surface area (Å²) in [5, 5.41) is 2.91. The van der Waals surface area contributed by atoms with Crippen molar-refractivity contribution in [2.45, 2.75) is 19.8 Å². The summed E-state index contributed by atoms with van der Waals surface area (Å²) in [5.74, 6) is 0.478. The summed E-state index contributed by atoms with van der Waals surface area (Å²) in [6.07, 6.45) is 2.06. The van der Waals surface area contributed by atoms with E-state index in [9.17, 15) is 9.59 Å². The minimum absolute atomic E-state index is 0.0224. The minimum atomic E-state index is -0.205. The molecule has 28 heavy (non-hydrogen) atoms. The number of hydrogen-bond acceptors (Lipinski definition) is 3. The molecule has 0 aliphatic carbocycles. The summed E-state index contributed by atoms with van der Waals surface area (Å²) in [4.78, 5) is 29.6. The van der Waals surface area contributed by atoms with Gasteiger partial charge in [-0.1, -0.05) is 28.9 Å². The van der Waals surface area contributed by atoms with E-state index in [-0.39, 0.29) is 11.8 Å². The Balaban J connectivity index is 1.85. The van der Waals surface area contributed by atoms with E-state index < -0.39 is 0 Å². The van der Waals surface area contributed by atoms with E-state index in [1.54, 1.807) is 18.2 Å². The highest BCUT2D eigenvalue weighted by Crippen LogP contribution is 2.27. The van der Waals surface area contributed by atoms with Crippen LogP contribution >= 0.6 is 15.9 Å². The van der Waals surface area contributed by atoms with E-state index in [1.165, 1.54) is 0 Å². The summed E-state index contributed by atoms with van der Waals surface area (Å²) < 4.78 is 0.846. The number of anilines is 2. The third kappa shape index (κ3) is 4.73. The Kier molecular flexibility index (Phi) is 6.39. The van der Waals surface area contributed by atoms with Gasteiger partial charge in [-0.3, -0.25) is 9.59 Å². The number of nitrogens with one attached hydrogen (secondary N) is 1. The standard InChI is InChI=1S/C22H26BrN3O2/c1-15-9-11-26(12-10-15)22(28)19-14-18(7-8-20(19)25(2)3)24-21(27)16-5-4-6-17(23)13-16/h4-8,13-15H,9-12H2,1-3H3,(H,24,27). The van der Waals surface area contributed by atoms with Gasteiger partial charge < -0.3 is 15.1 Å². The van der Waals surface area contributed by atoms with Gasteiger partial charge in [0, 0.05) is 48.6 Å². The van der Waals surface area contributed by atoms with Crippen LogP contribution in [-0.2, 0) is 0 Å². The molecule has 6 heteroatoms. The van der Waals surface area contributed by atoms with Crippen LogP contribution in [0.3, 0.4) is 0 Å². The predicted molar refractivity (Wildman–Crippen MR) is 117 cm³/mol. The number of amides is 2. The number of rotatable bonds is 4. The van der Waals surface area contributed by atoms with E-state index in [1.807, 2.05) is 48.2 Å². The van der Waals surface area contributed by atoms with Gasteiger partial charge in [0.2, 0.25) is 0 Å². The van der Waals surface area contributed by atoms with Crippen molar-refractivity contribution in [1.29, 1.82) is 0 Å². The zero-order valence-electron chi connectivity index (χ0n) is 16.5. The van der Waals surface area contributed by atoms with Crippen LogP contribution in [0, 0.1) is 5.92 Å². The van der Waals surface area contributed by atoms with Gasteiger partial charge in [-0.15, -0.1) is 0 Å². The van der Waals surface area contributed by atoms with Crippen LogP contribution in [-0.4, -0.2) is 43.9 Å². The average Bonchev–Trinajstić information content (AvgIpc) is 2.67. The molecule has 148 valence electrons. The molecule has 0 unspecified atom stereocenters. The first kappa shape index (κ1) is 20.4. The van der Waals surface area contributed by atoms with Crippen molar-refractivity contribution in [3.8, 4) is 0 Å².